The summed E-state index contributed by atoms with van der Waals surface area (Å²) in [5, 5.41) is 18.7. The van der Waals surface area contributed by atoms with Gasteiger partial charge in [-0.25, -0.2) is 4.79 Å². The summed E-state index contributed by atoms with van der Waals surface area (Å²) in [7, 11) is 2.02. The number of nitrogens with zero attached hydrogens (tertiary/aromatic N) is 1. The van der Waals surface area contributed by atoms with E-state index in [0.29, 0.717) is 10.5 Å². The molecule has 7 heteroatoms. The molecule has 0 fully saturated rings. The molecule has 1 heterocycles. The highest BCUT2D eigenvalue weighted by Gasteiger charge is 2.17. The third-order valence-electron chi connectivity index (χ3n) is 2.21. The van der Waals surface area contributed by atoms with Gasteiger partial charge in [-0.3, -0.25) is 0 Å². The third kappa shape index (κ3) is 2.24. The summed E-state index contributed by atoms with van der Waals surface area (Å²) in [5.74, 6) is -1.23. The van der Waals surface area contributed by atoms with E-state index in [-0.39, 0.29) is 17.3 Å². The van der Waals surface area contributed by atoms with Crippen LogP contribution in [-0.4, -0.2) is 20.9 Å². The highest BCUT2D eigenvalue weighted by Crippen LogP contribution is 2.23. The predicted octanol–water partition coefficient (Wildman–Crippen LogP) is 1.34. The maximum Gasteiger partial charge on any atom is 0.367 e. The molecule has 1 atom stereocenters. The lowest BCUT2D eigenvalue weighted by Crippen LogP contribution is -2.19. The lowest BCUT2D eigenvalue weighted by Gasteiger charge is -2.09. The highest BCUT2D eigenvalue weighted by atomic mass is 31.0. The Morgan fingerprint density at radius 2 is 1.72 bits per heavy atom. The summed E-state index contributed by atoms with van der Waals surface area (Å²) >= 11 is 0. The van der Waals surface area contributed by atoms with E-state index in [9.17, 15) is 15.0 Å². The van der Waals surface area contributed by atoms with E-state index in [0.717, 1.165) is 0 Å². The number of para-hydroxylation sites is 1. The van der Waals surface area contributed by atoms with E-state index in [4.69, 9.17) is 9.36 Å². The average Bonchev–Trinajstić information content (AvgIpc) is 2.70. The minimum Gasteiger partial charge on any atom is -0.492 e. The quantitative estimate of drug-likeness (QED) is 0.820. The lowest BCUT2D eigenvalue weighted by molar-refractivity contribution is 0.0380. The minimum atomic E-state index is -0.769. The van der Waals surface area contributed by atoms with E-state index in [2.05, 4.69) is 0 Å². The first kappa shape index (κ1) is 12.3. The van der Waals surface area contributed by atoms with Gasteiger partial charge in [-0.05, 0) is 12.1 Å². The van der Waals surface area contributed by atoms with Crippen molar-refractivity contribution in [3.8, 4) is 17.5 Å². The van der Waals surface area contributed by atoms with Crippen molar-refractivity contribution in [2.24, 2.45) is 0 Å². The van der Waals surface area contributed by atoms with E-state index in [1.165, 1.54) is 18.2 Å². The molecule has 0 saturated heterocycles. The number of hydrogen-bond donors (Lipinski definition) is 2. The number of rotatable bonds is 3. The number of carbonyl (C=O) groups is 1. The summed E-state index contributed by atoms with van der Waals surface area (Å²) in [6.45, 7) is 0. The predicted molar refractivity (Wildman–Crippen MR) is 65.5 cm³/mol. The Bertz CT molecular complexity index is 561. The van der Waals surface area contributed by atoms with Gasteiger partial charge in [0.2, 0.25) is 11.8 Å². The first-order valence-electron chi connectivity index (χ1n) is 4.91. The summed E-state index contributed by atoms with van der Waals surface area (Å²) in [5.41, 5.74) is 0.167. The molecule has 0 radical (unpaired) electrons. The van der Waals surface area contributed by atoms with Gasteiger partial charge < -0.3 is 19.6 Å². The molecule has 2 aromatic rings. The van der Waals surface area contributed by atoms with Crippen molar-refractivity contribution in [2.75, 3.05) is 0 Å². The number of benzene rings is 1. The van der Waals surface area contributed by atoms with Gasteiger partial charge in [0.1, 0.15) is 11.3 Å². The fourth-order valence-electron chi connectivity index (χ4n) is 1.37. The summed E-state index contributed by atoms with van der Waals surface area (Å²) in [6.07, 6.45) is 0. The SMILES string of the molecule is O=C(On1c(O)ccc1O)c1ccccc1OP. The summed E-state index contributed by atoms with van der Waals surface area (Å²) in [6, 6.07) is 8.81. The van der Waals surface area contributed by atoms with Gasteiger partial charge in [0.05, 0.1) is 9.47 Å². The fourth-order valence-corrected chi connectivity index (χ4v) is 1.57. The molecule has 18 heavy (non-hydrogen) atoms. The summed E-state index contributed by atoms with van der Waals surface area (Å²) in [4.78, 5) is 16.7. The molecule has 0 saturated carbocycles. The van der Waals surface area contributed by atoms with Gasteiger partial charge in [-0.1, -0.05) is 12.1 Å². The van der Waals surface area contributed by atoms with Crippen molar-refractivity contribution in [1.29, 1.82) is 0 Å². The Labute approximate surface area is 105 Å². The molecular formula is C11H10NO5P. The van der Waals surface area contributed by atoms with E-state index in [1.54, 1.807) is 18.2 Å². The average molecular weight is 267 g/mol. The number of carbonyl (C=O) groups excluding carboxylic acids is 1. The molecule has 2 rings (SSSR count). The van der Waals surface area contributed by atoms with Gasteiger partial charge in [0.25, 0.3) is 0 Å². The zero-order valence-electron chi connectivity index (χ0n) is 9.11. The van der Waals surface area contributed by atoms with Crippen LogP contribution >= 0.6 is 9.47 Å². The summed E-state index contributed by atoms with van der Waals surface area (Å²) < 4.78 is 5.54. The Kier molecular flexibility index (Phi) is 3.39. The van der Waals surface area contributed by atoms with Crippen molar-refractivity contribution < 1.29 is 24.4 Å². The topological polar surface area (TPSA) is 80.9 Å². The zero-order chi connectivity index (χ0) is 13.1. The molecule has 0 aliphatic carbocycles. The second-order valence-electron chi connectivity index (χ2n) is 3.34. The Hall–Kier alpha value is -2.20. The van der Waals surface area contributed by atoms with Crippen LogP contribution in [0, 0.1) is 0 Å². The number of hydrogen-bond acceptors (Lipinski definition) is 5. The monoisotopic (exact) mass is 267 g/mol. The molecule has 6 nitrogen and oxygen atoms in total. The molecular weight excluding hydrogens is 257 g/mol. The van der Waals surface area contributed by atoms with E-state index < -0.39 is 5.97 Å². The Balaban J connectivity index is 2.28. The minimum absolute atomic E-state index is 0.167. The lowest BCUT2D eigenvalue weighted by atomic mass is 10.2. The van der Waals surface area contributed by atoms with Crippen molar-refractivity contribution in [1.82, 2.24) is 4.73 Å². The number of aromatic nitrogens is 1. The van der Waals surface area contributed by atoms with Crippen molar-refractivity contribution in [3.05, 3.63) is 42.0 Å². The molecule has 1 aromatic carbocycles. The Morgan fingerprint density at radius 3 is 2.33 bits per heavy atom. The molecule has 0 aliphatic rings. The Morgan fingerprint density at radius 1 is 1.11 bits per heavy atom. The normalized spacial score (nSPS) is 10.1. The molecule has 0 bridgehead atoms. The first-order valence-corrected chi connectivity index (χ1v) is 5.38. The van der Waals surface area contributed by atoms with Crippen LogP contribution in [0.2, 0.25) is 0 Å². The van der Waals surface area contributed by atoms with Gasteiger partial charge in [0, 0.05) is 12.1 Å². The van der Waals surface area contributed by atoms with Crippen LogP contribution in [0.15, 0.2) is 36.4 Å². The van der Waals surface area contributed by atoms with Gasteiger partial charge in [0.15, 0.2) is 0 Å². The zero-order valence-corrected chi connectivity index (χ0v) is 10.3. The number of aromatic hydroxyl groups is 2. The van der Waals surface area contributed by atoms with Crippen LogP contribution in [0.5, 0.6) is 17.5 Å². The largest absolute Gasteiger partial charge is 0.492 e. The van der Waals surface area contributed by atoms with Gasteiger partial charge in [-0.2, -0.15) is 0 Å². The second kappa shape index (κ2) is 4.98. The smallest absolute Gasteiger partial charge is 0.367 e. The second-order valence-corrected chi connectivity index (χ2v) is 3.57. The molecule has 2 N–H and O–H groups in total. The standard InChI is InChI=1S/C11H10NO5P/c13-9-5-6-10(14)12(9)16-11(15)7-3-1-2-4-8(7)17-18/h1-6,13-14H,18H2. The van der Waals surface area contributed by atoms with Crippen molar-refractivity contribution >= 4 is 15.4 Å². The maximum atomic E-state index is 11.8. The van der Waals surface area contributed by atoms with Crippen LogP contribution in [0.4, 0.5) is 0 Å². The van der Waals surface area contributed by atoms with Crippen LogP contribution in [-0.2, 0) is 0 Å². The first-order chi connectivity index (χ1) is 8.63. The van der Waals surface area contributed by atoms with Gasteiger partial charge >= 0.3 is 5.97 Å². The molecule has 0 aliphatic heterocycles. The molecule has 94 valence electrons. The van der Waals surface area contributed by atoms with Gasteiger partial charge in [-0.15, -0.1) is 4.73 Å². The molecule has 0 amide bonds. The van der Waals surface area contributed by atoms with E-state index in [1.807, 2.05) is 9.47 Å². The van der Waals surface area contributed by atoms with Crippen LogP contribution < -0.4 is 9.36 Å². The molecule has 1 unspecified atom stereocenters. The third-order valence-corrected chi connectivity index (χ3v) is 2.46. The van der Waals surface area contributed by atoms with Crippen molar-refractivity contribution in [2.45, 2.75) is 0 Å². The fraction of sp³-hybridized carbons (Fsp3) is 0. The van der Waals surface area contributed by atoms with E-state index >= 15 is 0 Å². The van der Waals surface area contributed by atoms with Crippen molar-refractivity contribution in [3.63, 3.8) is 0 Å². The molecule has 1 aromatic heterocycles. The molecule has 0 spiro atoms. The maximum absolute atomic E-state index is 11.8. The van der Waals surface area contributed by atoms with Crippen LogP contribution in [0.3, 0.4) is 0 Å². The van der Waals surface area contributed by atoms with Crippen LogP contribution in [0.1, 0.15) is 10.4 Å². The van der Waals surface area contributed by atoms with Crippen LogP contribution in [0.25, 0.3) is 0 Å². The highest BCUT2D eigenvalue weighted by molar-refractivity contribution is 7.10.